The molecule has 4 aromatic rings. The van der Waals surface area contributed by atoms with E-state index in [0.29, 0.717) is 19.6 Å². The lowest BCUT2D eigenvalue weighted by Gasteiger charge is -2.27. The number of rotatable bonds is 3. The molecule has 1 aliphatic heterocycles. The number of carbonyl (C=O) groups excluding carboxylic acids is 1. The van der Waals surface area contributed by atoms with Gasteiger partial charge >= 0.3 is 0 Å². The molecule has 1 aliphatic rings. The summed E-state index contributed by atoms with van der Waals surface area (Å²) in [4.78, 5) is 18.1. The van der Waals surface area contributed by atoms with Gasteiger partial charge in [0.25, 0.3) is 0 Å². The van der Waals surface area contributed by atoms with E-state index in [4.69, 9.17) is 9.52 Å². The average molecular weight is 370 g/mol. The molecule has 4 heterocycles. The maximum absolute atomic E-state index is 12.2. The van der Waals surface area contributed by atoms with Crippen LogP contribution in [-0.2, 0) is 17.9 Å². The number of amides is 1. The number of fused-ring (bicyclic) bond motifs is 2. The lowest BCUT2D eigenvalue weighted by atomic mass is 9.98. The molecule has 1 amide bonds. The molecule has 0 saturated carbocycles. The minimum Gasteiger partial charge on any atom is -0.464 e. The molecule has 0 N–H and O–H groups in total. The zero-order valence-electron chi connectivity index (χ0n) is 15.2. The van der Waals surface area contributed by atoms with Gasteiger partial charge in [-0.15, -0.1) is 0 Å². The second-order valence-corrected chi connectivity index (χ2v) is 6.74. The van der Waals surface area contributed by atoms with Gasteiger partial charge in [-0.2, -0.15) is 5.10 Å². The fraction of sp³-hybridized carbons (Fsp3) is 0.136. The molecular weight excluding hydrogens is 352 g/mol. The molecule has 3 aromatic heterocycles. The topological polar surface area (TPSA) is 64.2 Å². The molecule has 6 heteroatoms. The first-order valence-electron chi connectivity index (χ1n) is 9.14. The molecule has 0 atom stereocenters. The number of hydrogen-bond donors (Lipinski definition) is 0. The van der Waals surface area contributed by atoms with Crippen LogP contribution in [-0.4, -0.2) is 32.1 Å². The molecule has 1 aromatic carbocycles. The molecule has 0 aliphatic carbocycles. The summed E-state index contributed by atoms with van der Waals surface area (Å²) in [6.07, 6.45) is 6.60. The van der Waals surface area contributed by atoms with Gasteiger partial charge in [-0.3, -0.25) is 14.5 Å². The summed E-state index contributed by atoms with van der Waals surface area (Å²) in [5, 5.41) is 5.95. The molecule has 0 bridgehead atoms. The van der Waals surface area contributed by atoms with E-state index in [1.165, 1.54) is 6.08 Å². The highest BCUT2D eigenvalue weighted by Crippen LogP contribution is 2.39. The third-order valence-electron chi connectivity index (χ3n) is 5.17. The fourth-order valence-corrected chi connectivity index (χ4v) is 3.82. The molecule has 5 rings (SSSR count). The van der Waals surface area contributed by atoms with E-state index in [2.05, 4.69) is 11.6 Å². The molecule has 0 saturated heterocycles. The summed E-state index contributed by atoms with van der Waals surface area (Å²) < 4.78 is 7.76. The Balaban J connectivity index is 1.75. The standard InChI is InChI=1S/C22H18N4O2/c1-2-19(27)25-11-12-26-18(14-25)20(15-6-9-23-10-7-15)21(24-26)17-5-3-4-16-8-13-28-22(16)17/h2-10,13H,1,11-12,14H2. The molecule has 28 heavy (non-hydrogen) atoms. The van der Waals surface area contributed by atoms with E-state index >= 15 is 0 Å². The van der Waals surface area contributed by atoms with Crippen molar-refractivity contribution in [3.63, 3.8) is 0 Å². The Morgan fingerprint density at radius 3 is 2.82 bits per heavy atom. The van der Waals surface area contributed by atoms with E-state index in [1.807, 2.05) is 41.1 Å². The molecular formula is C22H18N4O2. The Morgan fingerprint density at radius 1 is 1.14 bits per heavy atom. The van der Waals surface area contributed by atoms with Crippen molar-refractivity contribution >= 4 is 16.9 Å². The largest absolute Gasteiger partial charge is 0.464 e. The lowest BCUT2D eigenvalue weighted by Crippen LogP contribution is -2.37. The number of aromatic nitrogens is 3. The van der Waals surface area contributed by atoms with E-state index in [0.717, 1.165) is 39.0 Å². The van der Waals surface area contributed by atoms with Crippen LogP contribution in [0, 0.1) is 0 Å². The Hall–Kier alpha value is -3.67. The van der Waals surface area contributed by atoms with Gasteiger partial charge in [0.15, 0.2) is 0 Å². The van der Waals surface area contributed by atoms with Crippen LogP contribution in [0.2, 0.25) is 0 Å². The van der Waals surface area contributed by atoms with Crippen LogP contribution in [0.3, 0.4) is 0 Å². The van der Waals surface area contributed by atoms with Crippen LogP contribution < -0.4 is 0 Å². The smallest absolute Gasteiger partial charge is 0.246 e. The normalized spacial score (nSPS) is 13.5. The highest BCUT2D eigenvalue weighted by Gasteiger charge is 2.28. The highest BCUT2D eigenvalue weighted by atomic mass is 16.3. The highest BCUT2D eigenvalue weighted by molar-refractivity contribution is 5.96. The maximum Gasteiger partial charge on any atom is 0.246 e. The zero-order chi connectivity index (χ0) is 19.1. The van der Waals surface area contributed by atoms with Crippen molar-refractivity contribution in [3.8, 4) is 22.4 Å². The van der Waals surface area contributed by atoms with Crippen LogP contribution in [0.1, 0.15) is 5.69 Å². The van der Waals surface area contributed by atoms with Gasteiger partial charge in [-0.1, -0.05) is 18.7 Å². The Kier molecular flexibility index (Phi) is 3.83. The number of nitrogens with zero attached hydrogens (tertiary/aromatic N) is 4. The summed E-state index contributed by atoms with van der Waals surface area (Å²) in [6.45, 7) is 5.36. The predicted octanol–water partition coefficient (Wildman–Crippen LogP) is 3.89. The second kappa shape index (κ2) is 6.49. The van der Waals surface area contributed by atoms with Crippen molar-refractivity contribution in [3.05, 3.63) is 73.4 Å². The fourth-order valence-electron chi connectivity index (χ4n) is 3.82. The Morgan fingerprint density at radius 2 is 2.00 bits per heavy atom. The molecule has 0 fully saturated rings. The van der Waals surface area contributed by atoms with Gasteiger partial charge in [0.2, 0.25) is 5.91 Å². The van der Waals surface area contributed by atoms with E-state index in [9.17, 15) is 4.79 Å². The molecule has 138 valence electrons. The number of pyridine rings is 1. The minimum atomic E-state index is -0.0668. The summed E-state index contributed by atoms with van der Waals surface area (Å²) in [6, 6.07) is 11.9. The van der Waals surface area contributed by atoms with E-state index in [-0.39, 0.29) is 5.91 Å². The van der Waals surface area contributed by atoms with Crippen molar-refractivity contribution < 1.29 is 9.21 Å². The van der Waals surface area contributed by atoms with Gasteiger partial charge in [0.1, 0.15) is 11.3 Å². The van der Waals surface area contributed by atoms with Crippen LogP contribution in [0.15, 0.2) is 72.1 Å². The third kappa shape index (κ3) is 2.53. The summed E-state index contributed by atoms with van der Waals surface area (Å²) in [5.74, 6) is -0.0668. The molecule has 0 spiro atoms. The van der Waals surface area contributed by atoms with Gasteiger partial charge in [0, 0.05) is 35.5 Å². The minimum absolute atomic E-state index is 0.0668. The van der Waals surface area contributed by atoms with Crippen LogP contribution >= 0.6 is 0 Å². The van der Waals surface area contributed by atoms with Crippen LogP contribution in [0.4, 0.5) is 0 Å². The van der Waals surface area contributed by atoms with Crippen molar-refractivity contribution in [2.75, 3.05) is 6.54 Å². The number of hydrogen-bond acceptors (Lipinski definition) is 4. The Bertz CT molecular complexity index is 1190. The quantitative estimate of drug-likeness (QED) is 0.513. The molecule has 0 radical (unpaired) electrons. The zero-order valence-corrected chi connectivity index (χ0v) is 15.2. The first-order valence-corrected chi connectivity index (χ1v) is 9.14. The average Bonchev–Trinajstić information content (AvgIpc) is 3.37. The third-order valence-corrected chi connectivity index (χ3v) is 5.17. The van der Waals surface area contributed by atoms with E-state index < -0.39 is 0 Å². The van der Waals surface area contributed by atoms with Gasteiger partial charge in [-0.05, 0) is 35.9 Å². The van der Waals surface area contributed by atoms with Crippen LogP contribution in [0.25, 0.3) is 33.4 Å². The SMILES string of the molecule is C=CC(=O)N1CCn2nc(-c3cccc4ccoc34)c(-c3ccncc3)c2C1. The van der Waals surface area contributed by atoms with Crippen molar-refractivity contribution in [1.29, 1.82) is 0 Å². The number of benzene rings is 1. The molecule has 0 unspecified atom stereocenters. The van der Waals surface area contributed by atoms with Gasteiger partial charge < -0.3 is 9.32 Å². The summed E-state index contributed by atoms with van der Waals surface area (Å²) in [7, 11) is 0. The summed E-state index contributed by atoms with van der Waals surface area (Å²) in [5.41, 5.74) is 5.64. The summed E-state index contributed by atoms with van der Waals surface area (Å²) >= 11 is 0. The Labute approximate surface area is 161 Å². The number of furan rings is 1. The maximum atomic E-state index is 12.2. The van der Waals surface area contributed by atoms with Crippen LogP contribution in [0.5, 0.6) is 0 Å². The van der Waals surface area contributed by atoms with Gasteiger partial charge in [-0.25, -0.2) is 0 Å². The van der Waals surface area contributed by atoms with Crippen molar-refractivity contribution in [1.82, 2.24) is 19.7 Å². The molecule has 6 nitrogen and oxygen atoms in total. The monoisotopic (exact) mass is 370 g/mol. The van der Waals surface area contributed by atoms with Crippen molar-refractivity contribution in [2.24, 2.45) is 0 Å². The first kappa shape index (κ1) is 16.5. The predicted molar refractivity (Wildman–Crippen MR) is 106 cm³/mol. The van der Waals surface area contributed by atoms with Crippen molar-refractivity contribution in [2.45, 2.75) is 13.1 Å². The number of para-hydroxylation sites is 1. The first-order chi connectivity index (χ1) is 13.8. The second-order valence-electron chi connectivity index (χ2n) is 6.74. The van der Waals surface area contributed by atoms with E-state index in [1.54, 1.807) is 23.6 Å². The van der Waals surface area contributed by atoms with Gasteiger partial charge in [0.05, 0.1) is 25.0 Å². The number of carbonyl (C=O) groups is 1. The lowest BCUT2D eigenvalue weighted by molar-refractivity contribution is -0.127.